The minimum atomic E-state index is -1.16. The van der Waals surface area contributed by atoms with E-state index in [1.54, 1.807) is 13.8 Å². The first kappa shape index (κ1) is 16.0. The summed E-state index contributed by atoms with van der Waals surface area (Å²) < 4.78 is 26.9. The number of amides is 2. The molecule has 2 amide bonds. The van der Waals surface area contributed by atoms with Gasteiger partial charge in [0.25, 0.3) is 5.91 Å². The highest BCUT2D eigenvalue weighted by Crippen LogP contribution is 2.21. The van der Waals surface area contributed by atoms with Crippen molar-refractivity contribution in [3.63, 3.8) is 0 Å². The molecule has 110 valence electrons. The first-order valence-corrected chi connectivity index (χ1v) is 6.14. The Morgan fingerprint density at radius 1 is 1.20 bits per heavy atom. The maximum atomic E-state index is 13.6. The van der Waals surface area contributed by atoms with Crippen LogP contribution < -0.4 is 16.8 Å². The van der Waals surface area contributed by atoms with Gasteiger partial charge in [0.05, 0.1) is 16.8 Å². The van der Waals surface area contributed by atoms with E-state index >= 15 is 0 Å². The summed E-state index contributed by atoms with van der Waals surface area (Å²) in [6, 6.07) is 1.35. The minimum Gasteiger partial charge on any atom is -0.366 e. The van der Waals surface area contributed by atoms with Crippen molar-refractivity contribution >= 4 is 17.5 Å². The van der Waals surface area contributed by atoms with Gasteiger partial charge in [0, 0.05) is 6.07 Å². The van der Waals surface area contributed by atoms with Gasteiger partial charge >= 0.3 is 0 Å². The Kier molecular flexibility index (Phi) is 4.78. The van der Waals surface area contributed by atoms with E-state index in [1.807, 2.05) is 0 Å². The van der Waals surface area contributed by atoms with Crippen LogP contribution in [0.3, 0.4) is 0 Å². The highest BCUT2D eigenvalue weighted by molar-refractivity contribution is 6.00. The molecule has 0 atom stereocenters. The Balaban J connectivity index is 3.13. The second-order valence-electron chi connectivity index (χ2n) is 4.49. The summed E-state index contributed by atoms with van der Waals surface area (Å²) in [6.07, 6.45) is 0.696. The van der Waals surface area contributed by atoms with Crippen LogP contribution in [-0.4, -0.2) is 17.4 Å². The van der Waals surface area contributed by atoms with Gasteiger partial charge < -0.3 is 16.8 Å². The number of hydrogen-bond acceptors (Lipinski definition) is 3. The molecule has 0 saturated heterocycles. The van der Waals surface area contributed by atoms with Crippen molar-refractivity contribution in [1.29, 1.82) is 0 Å². The average molecular weight is 285 g/mol. The maximum Gasteiger partial charge on any atom is 0.251 e. The molecule has 0 heterocycles. The largest absolute Gasteiger partial charge is 0.366 e. The number of rotatable bonds is 5. The van der Waals surface area contributed by atoms with Crippen LogP contribution in [0.25, 0.3) is 0 Å². The number of nitrogens with two attached hydrogens (primary N) is 2. The van der Waals surface area contributed by atoms with E-state index in [1.165, 1.54) is 0 Å². The van der Waals surface area contributed by atoms with Gasteiger partial charge in [0.15, 0.2) is 0 Å². The molecular formula is C13H17F2N3O2. The Morgan fingerprint density at radius 2 is 1.75 bits per heavy atom. The minimum absolute atomic E-state index is 0.332. The lowest BCUT2D eigenvalue weighted by molar-refractivity contribution is -0.121. The van der Waals surface area contributed by atoms with Gasteiger partial charge in [0.2, 0.25) is 5.91 Å². The average Bonchev–Trinajstić information content (AvgIpc) is 2.40. The summed E-state index contributed by atoms with van der Waals surface area (Å²) >= 11 is 0. The van der Waals surface area contributed by atoms with Crippen LogP contribution in [0.5, 0.6) is 0 Å². The van der Waals surface area contributed by atoms with Crippen molar-refractivity contribution in [2.75, 3.05) is 5.32 Å². The zero-order chi connectivity index (χ0) is 15.5. The fourth-order valence-electron chi connectivity index (χ4n) is 1.65. The summed E-state index contributed by atoms with van der Waals surface area (Å²) in [7, 11) is 0. The molecule has 0 radical (unpaired) electrons. The topological polar surface area (TPSA) is 98.2 Å². The normalized spacial score (nSPS) is 11.2. The molecule has 0 aliphatic carbocycles. The molecule has 0 bridgehead atoms. The molecule has 7 heteroatoms. The van der Waals surface area contributed by atoms with E-state index < -0.39 is 34.6 Å². The molecule has 1 aromatic carbocycles. The molecule has 5 nitrogen and oxygen atoms in total. The Bertz CT molecular complexity index is 543. The SMILES string of the molecule is CCC(N)(CC)C(=O)Nc1cc(C(N)=O)c(F)cc1F. The van der Waals surface area contributed by atoms with E-state index in [0.717, 1.165) is 6.07 Å². The number of anilines is 1. The second kappa shape index (κ2) is 5.96. The Labute approximate surface area is 115 Å². The number of hydrogen-bond donors (Lipinski definition) is 3. The van der Waals surface area contributed by atoms with Crippen LogP contribution in [0, 0.1) is 11.6 Å². The second-order valence-corrected chi connectivity index (χ2v) is 4.49. The molecule has 0 unspecified atom stereocenters. The smallest absolute Gasteiger partial charge is 0.251 e. The van der Waals surface area contributed by atoms with Gasteiger partial charge in [-0.1, -0.05) is 13.8 Å². The monoisotopic (exact) mass is 285 g/mol. The zero-order valence-electron chi connectivity index (χ0n) is 11.3. The van der Waals surface area contributed by atoms with Crippen molar-refractivity contribution in [2.45, 2.75) is 32.2 Å². The molecular weight excluding hydrogens is 268 g/mol. The highest BCUT2D eigenvalue weighted by Gasteiger charge is 2.30. The predicted octanol–water partition coefficient (Wildman–Crippen LogP) is 1.52. The van der Waals surface area contributed by atoms with Crippen molar-refractivity contribution in [3.8, 4) is 0 Å². The lowest BCUT2D eigenvalue weighted by atomic mass is 9.93. The first-order chi connectivity index (χ1) is 9.25. The van der Waals surface area contributed by atoms with Gasteiger partial charge in [-0.15, -0.1) is 0 Å². The van der Waals surface area contributed by atoms with E-state index in [-0.39, 0.29) is 5.69 Å². The Morgan fingerprint density at radius 3 is 2.20 bits per heavy atom. The summed E-state index contributed by atoms with van der Waals surface area (Å²) in [5, 5.41) is 2.26. The summed E-state index contributed by atoms with van der Waals surface area (Å²) in [6.45, 7) is 3.44. The number of nitrogens with one attached hydrogen (secondary N) is 1. The standard InChI is InChI=1S/C13H17F2N3O2/c1-3-13(17,4-2)12(20)18-10-5-7(11(16)19)8(14)6-9(10)15/h5-6H,3-4,17H2,1-2H3,(H2,16,19)(H,18,20). The third-order valence-corrected chi connectivity index (χ3v) is 3.28. The van der Waals surface area contributed by atoms with Crippen LogP contribution in [0.15, 0.2) is 12.1 Å². The first-order valence-electron chi connectivity index (χ1n) is 6.14. The molecule has 0 aliphatic rings. The number of benzene rings is 1. The molecule has 0 fully saturated rings. The lowest BCUT2D eigenvalue weighted by Crippen LogP contribution is -2.50. The van der Waals surface area contributed by atoms with E-state index in [2.05, 4.69) is 5.32 Å². The van der Waals surface area contributed by atoms with Crippen LogP contribution >= 0.6 is 0 Å². The van der Waals surface area contributed by atoms with Crippen LogP contribution in [0.1, 0.15) is 37.0 Å². The van der Waals surface area contributed by atoms with E-state index in [4.69, 9.17) is 11.5 Å². The molecule has 0 aliphatic heterocycles. The molecule has 0 aromatic heterocycles. The van der Waals surface area contributed by atoms with Crippen LogP contribution in [0.2, 0.25) is 0 Å². The quantitative estimate of drug-likeness (QED) is 0.765. The maximum absolute atomic E-state index is 13.6. The van der Waals surface area contributed by atoms with E-state index in [0.29, 0.717) is 18.9 Å². The molecule has 0 spiro atoms. The fourth-order valence-corrected chi connectivity index (χ4v) is 1.65. The summed E-state index contributed by atoms with van der Waals surface area (Å²) in [5.74, 6) is -3.75. The van der Waals surface area contributed by atoms with Gasteiger partial charge in [-0.05, 0) is 18.9 Å². The fraction of sp³-hybridized carbons (Fsp3) is 0.385. The highest BCUT2D eigenvalue weighted by atomic mass is 19.1. The van der Waals surface area contributed by atoms with Gasteiger partial charge in [0.1, 0.15) is 11.6 Å². The molecule has 0 saturated carbocycles. The van der Waals surface area contributed by atoms with Crippen LogP contribution in [0.4, 0.5) is 14.5 Å². The number of carbonyl (C=O) groups excluding carboxylic acids is 2. The van der Waals surface area contributed by atoms with Crippen molar-refractivity contribution in [1.82, 2.24) is 0 Å². The van der Waals surface area contributed by atoms with Gasteiger partial charge in [-0.2, -0.15) is 0 Å². The van der Waals surface area contributed by atoms with Crippen molar-refractivity contribution in [3.05, 3.63) is 29.3 Å². The van der Waals surface area contributed by atoms with Gasteiger partial charge in [-0.25, -0.2) is 8.78 Å². The number of primary amides is 1. The number of halogens is 2. The third kappa shape index (κ3) is 3.11. The van der Waals surface area contributed by atoms with Gasteiger partial charge in [-0.3, -0.25) is 9.59 Å². The molecule has 20 heavy (non-hydrogen) atoms. The van der Waals surface area contributed by atoms with Crippen LogP contribution in [-0.2, 0) is 4.79 Å². The van der Waals surface area contributed by atoms with E-state index in [9.17, 15) is 18.4 Å². The summed E-state index contributed by atoms with van der Waals surface area (Å²) in [5.41, 5.74) is 8.84. The van der Waals surface area contributed by atoms with Crippen molar-refractivity contribution < 1.29 is 18.4 Å². The lowest BCUT2D eigenvalue weighted by Gasteiger charge is -2.25. The zero-order valence-corrected chi connectivity index (χ0v) is 11.3. The summed E-state index contributed by atoms with van der Waals surface area (Å²) in [4.78, 5) is 23.0. The predicted molar refractivity (Wildman–Crippen MR) is 71.0 cm³/mol. The Hall–Kier alpha value is -2.02. The van der Waals surface area contributed by atoms with Crippen molar-refractivity contribution in [2.24, 2.45) is 11.5 Å². The number of carbonyl (C=O) groups is 2. The molecule has 1 aromatic rings. The third-order valence-electron chi connectivity index (χ3n) is 3.28. The molecule has 1 rings (SSSR count). The molecule has 5 N–H and O–H groups in total.